The summed E-state index contributed by atoms with van der Waals surface area (Å²) >= 11 is 1.81. The summed E-state index contributed by atoms with van der Waals surface area (Å²) in [5.41, 5.74) is 0. The molecule has 0 radical (unpaired) electrons. The van der Waals surface area contributed by atoms with Gasteiger partial charge in [-0.3, -0.25) is 0 Å². The van der Waals surface area contributed by atoms with Crippen molar-refractivity contribution < 1.29 is 4.74 Å². The first-order valence-electron chi connectivity index (χ1n) is 7.16. The lowest BCUT2D eigenvalue weighted by atomic mass is 10.2. The molecule has 0 fully saturated rings. The molecule has 1 N–H and O–H groups in total. The lowest BCUT2D eigenvalue weighted by Crippen LogP contribution is -2.19. The van der Waals surface area contributed by atoms with Gasteiger partial charge in [0.2, 0.25) is 0 Å². The molecule has 1 aromatic rings. The van der Waals surface area contributed by atoms with Crippen molar-refractivity contribution in [3.63, 3.8) is 0 Å². The fourth-order valence-corrected chi connectivity index (χ4v) is 3.13. The molecule has 1 aromatic heterocycles. The van der Waals surface area contributed by atoms with E-state index in [4.69, 9.17) is 4.74 Å². The van der Waals surface area contributed by atoms with Crippen molar-refractivity contribution in [2.24, 2.45) is 0 Å². The van der Waals surface area contributed by atoms with Crippen molar-refractivity contribution in [3.8, 4) is 0 Å². The summed E-state index contributed by atoms with van der Waals surface area (Å²) in [7, 11) is 1.74. The molecule has 1 aliphatic heterocycles. The number of aryl methyl sites for hydroxylation is 1. The molecule has 6 heteroatoms. The van der Waals surface area contributed by atoms with Crippen LogP contribution in [0, 0.1) is 0 Å². The number of hydrogen-bond acceptors (Lipinski definition) is 5. The molecule has 5 nitrogen and oxygen atoms in total. The van der Waals surface area contributed by atoms with Gasteiger partial charge >= 0.3 is 0 Å². The molecule has 0 amide bonds. The summed E-state index contributed by atoms with van der Waals surface area (Å²) < 4.78 is 7.32. The van der Waals surface area contributed by atoms with Gasteiger partial charge in [-0.2, -0.15) is 0 Å². The molecule has 0 spiro atoms. The number of rotatable bonds is 8. The van der Waals surface area contributed by atoms with E-state index in [9.17, 15) is 0 Å². The van der Waals surface area contributed by atoms with Gasteiger partial charge in [0.15, 0.2) is 5.16 Å². The van der Waals surface area contributed by atoms with E-state index in [0.29, 0.717) is 0 Å². The number of nitrogens with zero attached hydrogens (tertiary/aromatic N) is 3. The number of ether oxygens (including phenoxy) is 1. The van der Waals surface area contributed by atoms with E-state index in [1.54, 1.807) is 7.11 Å². The molecule has 0 saturated heterocycles. The second kappa shape index (κ2) is 8.55. The number of hydrogen-bond donors (Lipinski definition) is 1. The maximum absolute atomic E-state index is 5.01. The number of methoxy groups -OCH3 is 1. The van der Waals surface area contributed by atoms with Crippen LogP contribution >= 0.6 is 11.8 Å². The number of thioether (sulfide) groups is 1. The zero-order valence-electron chi connectivity index (χ0n) is 11.7. The van der Waals surface area contributed by atoms with Gasteiger partial charge in [0.05, 0.1) is 0 Å². The van der Waals surface area contributed by atoms with Gasteiger partial charge in [0, 0.05) is 39.0 Å². The first-order chi connectivity index (χ1) is 9.42. The Morgan fingerprint density at radius 3 is 3.11 bits per heavy atom. The van der Waals surface area contributed by atoms with Crippen molar-refractivity contribution in [1.29, 1.82) is 0 Å². The molecule has 0 aliphatic carbocycles. The minimum absolute atomic E-state index is 0.831. The van der Waals surface area contributed by atoms with E-state index in [2.05, 4.69) is 20.1 Å². The highest BCUT2D eigenvalue weighted by molar-refractivity contribution is 7.99. The Morgan fingerprint density at radius 1 is 1.26 bits per heavy atom. The van der Waals surface area contributed by atoms with Crippen molar-refractivity contribution in [2.45, 2.75) is 43.8 Å². The Morgan fingerprint density at radius 2 is 2.21 bits per heavy atom. The summed E-state index contributed by atoms with van der Waals surface area (Å²) in [6.45, 7) is 3.95. The molecular weight excluding hydrogens is 260 g/mol. The average molecular weight is 284 g/mol. The number of nitrogens with one attached hydrogen (secondary N) is 1. The van der Waals surface area contributed by atoms with Gasteiger partial charge < -0.3 is 14.6 Å². The zero-order valence-corrected chi connectivity index (χ0v) is 12.5. The predicted molar refractivity (Wildman–Crippen MR) is 77.7 cm³/mol. The highest BCUT2D eigenvalue weighted by Gasteiger charge is 2.14. The van der Waals surface area contributed by atoms with Crippen LogP contribution in [0.15, 0.2) is 5.16 Å². The Balaban J connectivity index is 1.67. The Hall–Kier alpha value is -0.590. The van der Waals surface area contributed by atoms with Crippen molar-refractivity contribution in [1.82, 2.24) is 20.1 Å². The third-order valence-electron chi connectivity index (χ3n) is 3.29. The summed E-state index contributed by atoms with van der Waals surface area (Å²) in [4.78, 5) is 0. The Bertz CT molecular complexity index is 370. The minimum Gasteiger partial charge on any atom is -0.385 e. The van der Waals surface area contributed by atoms with E-state index < -0.39 is 0 Å². The van der Waals surface area contributed by atoms with E-state index >= 15 is 0 Å². The Kier molecular flexibility index (Phi) is 6.67. The van der Waals surface area contributed by atoms with Crippen molar-refractivity contribution >= 4 is 11.8 Å². The van der Waals surface area contributed by atoms with Crippen LogP contribution in [0.4, 0.5) is 0 Å². The smallest absolute Gasteiger partial charge is 0.191 e. The predicted octanol–water partition coefficient (Wildman–Crippen LogP) is 1.72. The van der Waals surface area contributed by atoms with E-state index in [1.807, 2.05) is 11.8 Å². The third-order valence-corrected chi connectivity index (χ3v) is 4.26. The van der Waals surface area contributed by atoms with Crippen LogP contribution in [-0.2, 0) is 17.7 Å². The highest BCUT2D eigenvalue weighted by atomic mass is 32.2. The third kappa shape index (κ3) is 4.78. The van der Waals surface area contributed by atoms with Crippen LogP contribution in [0.5, 0.6) is 0 Å². The van der Waals surface area contributed by atoms with Crippen LogP contribution in [-0.4, -0.2) is 47.3 Å². The molecule has 1 aliphatic rings. The summed E-state index contributed by atoms with van der Waals surface area (Å²) in [5, 5.41) is 13.1. The number of fused-ring (bicyclic) bond motifs is 1. The fraction of sp³-hybridized carbons (Fsp3) is 0.846. The highest BCUT2D eigenvalue weighted by Crippen LogP contribution is 2.21. The average Bonchev–Trinajstić information content (AvgIpc) is 2.66. The van der Waals surface area contributed by atoms with Gasteiger partial charge in [0.1, 0.15) is 5.82 Å². The summed E-state index contributed by atoms with van der Waals surface area (Å²) in [6.07, 6.45) is 5.98. The SMILES string of the molecule is COCCCNCCSc1nnc2n1CCCCC2. The molecule has 108 valence electrons. The summed E-state index contributed by atoms with van der Waals surface area (Å²) in [6, 6.07) is 0. The summed E-state index contributed by atoms with van der Waals surface area (Å²) in [5.74, 6) is 2.22. The zero-order chi connectivity index (χ0) is 13.3. The fourth-order valence-electron chi connectivity index (χ4n) is 2.25. The quantitative estimate of drug-likeness (QED) is 0.582. The number of aromatic nitrogens is 3. The van der Waals surface area contributed by atoms with E-state index in [-0.39, 0.29) is 0 Å². The van der Waals surface area contributed by atoms with E-state index in [1.165, 1.54) is 25.1 Å². The van der Waals surface area contributed by atoms with Crippen LogP contribution in [0.25, 0.3) is 0 Å². The largest absolute Gasteiger partial charge is 0.385 e. The van der Waals surface area contributed by atoms with Crippen molar-refractivity contribution in [2.75, 3.05) is 32.6 Å². The maximum Gasteiger partial charge on any atom is 0.191 e. The second-order valence-electron chi connectivity index (χ2n) is 4.81. The van der Waals surface area contributed by atoms with E-state index in [0.717, 1.165) is 50.0 Å². The standard InChI is InChI=1S/C13H24N4OS/c1-18-10-5-7-14-8-11-19-13-16-15-12-6-3-2-4-9-17(12)13/h14H,2-11H2,1H3. The van der Waals surface area contributed by atoms with Gasteiger partial charge in [-0.05, 0) is 25.8 Å². The lowest BCUT2D eigenvalue weighted by Gasteiger charge is -2.07. The minimum atomic E-state index is 0.831. The van der Waals surface area contributed by atoms with Gasteiger partial charge in [-0.15, -0.1) is 10.2 Å². The molecule has 2 heterocycles. The normalized spacial score (nSPS) is 15.2. The van der Waals surface area contributed by atoms with Crippen LogP contribution in [0.2, 0.25) is 0 Å². The molecule has 0 atom stereocenters. The maximum atomic E-state index is 5.01. The molecule has 2 rings (SSSR count). The molecule has 0 aromatic carbocycles. The molecule has 0 bridgehead atoms. The Labute approximate surface area is 119 Å². The lowest BCUT2D eigenvalue weighted by molar-refractivity contribution is 0.194. The van der Waals surface area contributed by atoms with Crippen LogP contribution in [0.3, 0.4) is 0 Å². The van der Waals surface area contributed by atoms with Crippen LogP contribution in [0.1, 0.15) is 31.5 Å². The molecule has 0 saturated carbocycles. The molecule has 0 unspecified atom stereocenters. The van der Waals surface area contributed by atoms with Gasteiger partial charge in [0.25, 0.3) is 0 Å². The van der Waals surface area contributed by atoms with Gasteiger partial charge in [-0.25, -0.2) is 0 Å². The molecular formula is C13H24N4OS. The molecule has 19 heavy (non-hydrogen) atoms. The van der Waals surface area contributed by atoms with Crippen molar-refractivity contribution in [3.05, 3.63) is 5.82 Å². The first-order valence-corrected chi connectivity index (χ1v) is 8.15. The van der Waals surface area contributed by atoms with Crippen LogP contribution < -0.4 is 5.32 Å². The monoisotopic (exact) mass is 284 g/mol. The topological polar surface area (TPSA) is 52.0 Å². The second-order valence-corrected chi connectivity index (χ2v) is 5.87. The first kappa shape index (κ1) is 14.8. The van der Waals surface area contributed by atoms with Gasteiger partial charge in [-0.1, -0.05) is 18.2 Å².